The molecule has 0 saturated carbocycles. The van der Waals surface area contributed by atoms with Gasteiger partial charge in [0.25, 0.3) is 11.8 Å². The minimum atomic E-state index is -0.494. The van der Waals surface area contributed by atoms with Crippen LogP contribution in [0.25, 0.3) is 11.8 Å². The number of carbonyl (C=O) groups excluding carboxylic acids is 2. The van der Waals surface area contributed by atoms with Crippen LogP contribution in [0.15, 0.2) is 78.6 Å². The highest BCUT2D eigenvalue weighted by molar-refractivity contribution is 7.80. The number of amides is 2. The van der Waals surface area contributed by atoms with Crippen LogP contribution in [-0.4, -0.2) is 21.5 Å². The second-order valence-corrected chi connectivity index (χ2v) is 6.87. The maximum atomic E-state index is 13.0. The van der Waals surface area contributed by atoms with Crippen molar-refractivity contribution in [3.63, 3.8) is 0 Å². The van der Waals surface area contributed by atoms with Crippen molar-refractivity contribution in [3.05, 3.63) is 89.8 Å². The summed E-state index contributed by atoms with van der Waals surface area (Å²) < 4.78 is 1.93. The van der Waals surface area contributed by atoms with Crippen LogP contribution in [0.5, 0.6) is 0 Å². The summed E-state index contributed by atoms with van der Waals surface area (Å²) in [5.74, 6) is -0.932. The van der Waals surface area contributed by atoms with Gasteiger partial charge in [0.05, 0.1) is 5.69 Å². The summed E-state index contributed by atoms with van der Waals surface area (Å²) in [5.41, 5.74) is 3.41. The van der Waals surface area contributed by atoms with Crippen molar-refractivity contribution in [2.24, 2.45) is 0 Å². The number of aromatic nitrogens is 1. The van der Waals surface area contributed by atoms with Gasteiger partial charge in [-0.1, -0.05) is 30.3 Å². The first kappa shape index (κ1) is 17.9. The number of aryl methyl sites for hydroxylation is 1. The van der Waals surface area contributed by atoms with E-state index in [-0.39, 0.29) is 10.7 Å². The third-order valence-corrected chi connectivity index (χ3v) is 4.73. The van der Waals surface area contributed by atoms with Gasteiger partial charge < -0.3 is 4.57 Å². The van der Waals surface area contributed by atoms with Crippen molar-refractivity contribution in [3.8, 4) is 5.69 Å². The van der Waals surface area contributed by atoms with Gasteiger partial charge in [-0.25, -0.2) is 0 Å². The molecule has 1 aliphatic heterocycles. The predicted molar refractivity (Wildman–Crippen MR) is 113 cm³/mol. The van der Waals surface area contributed by atoms with E-state index in [9.17, 15) is 9.59 Å². The van der Waals surface area contributed by atoms with E-state index in [4.69, 9.17) is 12.2 Å². The van der Waals surface area contributed by atoms with Crippen molar-refractivity contribution in [2.45, 2.75) is 6.92 Å². The van der Waals surface area contributed by atoms with Crippen molar-refractivity contribution >= 4 is 40.9 Å². The molecule has 0 aliphatic carbocycles. The molecule has 3 aromatic rings. The standard InChI is InChI=1S/C22H17N3O2S/c1-15-6-5-9-18(12-15)25-21(27)19(20(26)23-22(25)28)13-16-10-11-24(14-16)17-7-3-2-4-8-17/h2-14H,1H3,(H,23,26,28)/b19-13-. The lowest BCUT2D eigenvalue weighted by Gasteiger charge is -2.29. The van der Waals surface area contributed by atoms with Crippen LogP contribution < -0.4 is 10.2 Å². The van der Waals surface area contributed by atoms with Crippen LogP contribution in [0.1, 0.15) is 11.1 Å². The second-order valence-electron chi connectivity index (χ2n) is 6.48. The molecule has 1 aliphatic rings. The Bertz CT molecular complexity index is 1120. The van der Waals surface area contributed by atoms with Crippen molar-refractivity contribution in [1.82, 2.24) is 9.88 Å². The fourth-order valence-electron chi connectivity index (χ4n) is 3.08. The molecule has 0 unspecified atom stereocenters. The molecular formula is C22H17N3O2S. The van der Waals surface area contributed by atoms with E-state index in [1.807, 2.05) is 78.5 Å². The van der Waals surface area contributed by atoms with E-state index >= 15 is 0 Å². The van der Waals surface area contributed by atoms with E-state index in [0.717, 1.165) is 16.8 Å². The SMILES string of the molecule is Cc1cccc(N2C(=O)/C(=C\c3ccn(-c4ccccc4)c3)C(=O)NC2=S)c1. The molecule has 2 aromatic carbocycles. The Kier molecular flexibility index (Phi) is 4.63. The smallest absolute Gasteiger partial charge is 0.270 e. The Hall–Kier alpha value is -3.51. The average molecular weight is 387 g/mol. The minimum Gasteiger partial charge on any atom is -0.323 e. The van der Waals surface area contributed by atoms with Gasteiger partial charge in [-0.2, -0.15) is 0 Å². The highest BCUT2D eigenvalue weighted by atomic mass is 32.1. The Labute approximate surface area is 167 Å². The molecule has 2 amide bonds. The molecule has 1 aromatic heterocycles. The van der Waals surface area contributed by atoms with Gasteiger partial charge in [-0.3, -0.25) is 19.8 Å². The molecule has 1 N–H and O–H groups in total. The van der Waals surface area contributed by atoms with Gasteiger partial charge in [0.15, 0.2) is 5.11 Å². The van der Waals surface area contributed by atoms with Crippen molar-refractivity contribution < 1.29 is 9.59 Å². The van der Waals surface area contributed by atoms with Crippen molar-refractivity contribution in [2.75, 3.05) is 4.90 Å². The molecule has 6 heteroatoms. The molecule has 5 nitrogen and oxygen atoms in total. The zero-order valence-corrected chi connectivity index (χ0v) is 15.9. The lowest BCUT2D eigenvalue weighted by atomic mass is 10.1. The van der Waals surface area contributed by atoms with Crippen LogP contribution in [0, 0.1) is 6.92 Å². The second kappa shape index (κ2) is 7.25. The van der Waals surface area contributed by atoms with E-state index in [2.05, 4.69) is 5.32 Å². The molecule has 4 rings (SSSR count). The van der Waals surface area contributed by atoms with Crippen molar-refractivity contribution in [1.29, 1.82) is 0 Å². The number of benzene rings is 2. The Morgan fingerprint density at radius 2 is 1.71 bits per heavy atom. The predicted octanol–water partition coefficient (Wildman–Crippen LogP) is 3.62. The maximum Gasteiger partial charge on any atom is 0.270 e. The van der Waals surface area contributed by atoms with E-state index < -0.39 is 11.8 Å². The molecule has 0 atom stereocenters. The molecule has 2 heterocycles. The molecule has 0 radical (unpaired) electrons. The Morgan fingerprint density at radius 3 is 2.46 bits per heavy atom. The number of nitrogens with one attached hydrogen (secondary N) is 1. The molecule has 0 spiro atoms. The quantitative estimate of drug-likeness (QED) is 0.424. The lowest BCUT2D eigenvalue weighted by molar-refractivity contribution is -0.122. The van der Waals surface area contributed by atoms with Gasteiger partial charge in [0.1, 0.15) is 5.57 Å². The topological polar surface area (TPSA) is 54.3 Å². The van der Waals surface area contributed by atoms with E-state index in [0.29, 0.717) is 5.69 Å². The van der Waals surface area contributed by atoms with E-state index in [1.54, 1.807) is 12.1 Å². The first-order valence-electron chi connectivity index (χ1n) is 8.74. The average Bonchev–Trinajstić information content (AvgIpc) is 3.14. The highest BCUT2D eigenvalue weighted by Gasteiger charge is 2.34. The molecule has 28 heavy (non-hydrogen) atoms. The van der Waals surface area contributed by atoms with Crippen LogP contribution in [-0.2, 0) is 9.59 Å². The molecule has 0 bridgehead atoms. The first-order chi connectivity index (χ1) is 13.5. The van der Waals surface area contributed by atoms with Gasteiger partial charge in [0.2, 0.25) is 0 Å². The summed E-state index contributed by atoms with van der Waals surface area (Å²) in [6.07, 6.45) is 5.34. The lowest BCUT2D eigenvalue weighted by Crippen LogP contribution is -2.54. The summed E-state index contributed by atoms with van der Waals surface area (Å²) in [7, 11) is 0. The molecule has 138 valence electrons. The Balaban J connectivity index is 1.69. The number of hydrogen-bond acceptors (Lipinski definition) is 3. The van der Waals surface area contributed by atoms with Crippen LogP contribution in [0.4, 0.5) is 5.69 Å². The van der Waals surface area contributed by atoms with Crippen LogP contribution in [0.2, 0.25) is 0 Å². The molecular weight excluding hydrogens is 370 g/mol. The number of carbonyl (C=O) groups is 2. The number of anilines is 1. The third kappa shape index (κ3) is 3.37. The molecule has 1 fully saturated rings. The first-order valence-corrected chi connectivity index (χ1v) is 9.15. The van der Waals surface area contributed by atoms with E-state index in [1.165, 1.54) is 4.90 Å². The highest BCUT2D eigenvalue weighted by Crippen LogP contribution is 2.23. The summed E-state index contributed by atoms with van der Waals surface area (Å²) in [6.45, 7) is 1.93. The van der Waals surface area contributed by atoms with Gasteiger partial charge in [-0.15, -0.1) is 0 Å². The summed E-state index contributed by atoms with van der Waals surface area (Å²) in [6, 6.07) is 19.1. The largest absolute Gasteiger partial charge is 0.323 e. The number of para-hydroxylation sites is 1. The fourth-order valence-corrected chi connectivity index (χ4v) is 3.37. The number of hydrogen-bond donors (Lipinski definition) is 1. The van der Waals surface area contributed by atoms with Crippen LogP contribution in [0.3, 0.4) is 0 Å². The van der Waals surface area contributed by atoms with Crippen LogP contribution >= 0.6 is 12.2 Å². The van der Waals surface area contributed by atoms with Gasteiger partial charge in [-0.05, 0) is 66.7 Å². The van der Waals surface area contributed by atoms with Gasteiger partial charge >= 0.3 is 0 Å². The minimum absolute atomic E-state index is 0.0425. The zero-order chi connectivity index (χ0) is 19.7. The normalized spacial score (nSPS) is 15.8. The third-order valence-electron chi connectivity index (χ3n) is 4.44. The Morgan fingerprint density at radius 1 is 0.964 bits per heavy atom. The van der Waals surface area contributed by atoms with Gasteiger partial charge in [0, 0.05) is 18.1 Å². The maximum absolute atomic E-state index is 13.0. The fraction of sp³-hybridized carbons (Fsp3) is 0.0455. The monoisotopic (exact) mass is 387 g/mol. The summed E-state index contributed by atoms with van der Waals surface area (Å²) in [5, 5.41) is 2.69. The summed E-state index contributed by atoms with van der Waals surface area (Å²) in [4.78, 5) is 26.8. The number of nitrogens with zero attached hydrogens (tertiary/aromatic N) is 2. The summed E-state index contributed by atoms with van der Waals surface area (Å²) >= 11 is 5.23. The zero-order valence-electron chi connectivity index (χ0n) is 15.1. The number of thiocarbonyl (C=S) groups is 1. The number of rotatable bonds is 3. The molecule has 1 saturated heterocycles.